The van der Waals surface area contributed by atoms with E-state index in [2.05, 4.69) is 36.5 Å². The number of hydrogen-bond acceptors (Lipinski definition) is 3. The van der Waals surface area contributed by atoms with Crippen LogP contribution in [0.4, 0.5) is 0 Å². The molecule has 0 saturated carbocycles. The van der Waals surface area contributed by atoms with E-state index in [0.29, 0.717) is 12.0 Å². The van der Waals surface area contributed by atoms with Gasteiger partial charge in [0.1, 0.15) is 5.75 Å². The zero-order valence-electron chi connectivity index (χ0n) is 12.1. The molecule has 0 aliphatic carbocycles. The van der Waals surface area contributed by atoms with Crippen molar-refractivity contribution in [2.24, 2.45) is 0 Å². The van der Waals surface area contributed by atoms with Crippen LogP contribution in [0.3, 0.4) is 0 Å². The molecule has 0 saturated heterocycles. The molecule has 2 unspecified atom stereocenters. The fourth-order valence-corrected chi connectivity index (χ4v) is 4.16. The normalized spacial score (nSPS) is 18.9. The molecule has 2 nitrogen and oxygen atoms in total. The number of fused-ring (bicyclic) bond motifs is 1. The van der Waals surface area contributed by atoms with Crippen molar-refractivity contribution >= 4 is 22.9 Å². The standard InChI is InChI=1S/C17H20ClNOS/c1-2-19-14(16-7-8-17(18)21-16)11-12-9-10-20-15-6-4-3-5-13(12)15/h3-8,12,14,19H,2,9-11H2,1H3. The van der Waals surface area contributed by atoms with Crippen LogP contribution in [-0.4, -0.2) is 13.2 Å². The summed E-state index contributed by atoms with van der Waals surface area (Å²) in [6.45, 7) is 3.93. The third-order valence-corrected chi connectivity index (χ3v) is 5.34. The van der Waals surface area contributed by atoms with Gasteiger partial charge in [0.25, 0.3) is 0 Å². The number of nitrogens with one attached hydrogen (secondary N) is 1. The number of benzene rings is 1. The predicted octanol–water partition coefficient (Wildman–Crippen LogP) is 5.01. The van der Waals surface area contributed by atoms with Gasteiger partial charge in [0, 0.05) is 10.9 Å². The molecule has 3 rings (SSSR count). The minimum absolute atomic E-state index is 0.364. The molecule has 1 aromatic heterocycles. The maximum absolute atomic E-state index is 6.10. The lowest BCUT2D eigenvalue weighted by Gasteiger charge is -2.29. The van der Waals surface area contributed by atoms with E-state index >= 15 is 0 Å². The van der Waals surface area contributed by atoms with Crippen LogP contribution in [0, 0.1) is 0 Å². The number of halogens is 1. The molecule has 1 aliphatic heterocycles. The summed E-state index contributed by atoms with van der Waals surface area (Å²) in [6, 6.07) is 12.9. The molecule has 2 atom stereocenters. The fraction of sp³-hybridized carbons (Fsp3) is 0.412. The van der Waals surface area contributed by atoms with Crippen molar-refractivity contribution in [2.45, 2.75) is 31.7 Å². The van der Waals surface area contributed by atoms with Gasteiger partial charge in [0.15, 0.2) is 0 Å². The van der Waals surface area contributed by atoms with E-state index in [1.807, 2.05) is 12.1 Å². The van der Waals surface area contributed by atoms with E-state index in [-0.39, 0.29) is 0 Å². The largest absolute Gasteiger partial charge is 0.493 e. The van der Waals surface area contributed by atoms with Gasteiger partial charge in [-0.15, -0.1) is 11.3 Å². The molecular formula is C17H20ClNOS. The first-order chi connectivity index (χ1) is 10.3. The fourth-order valence-electron chi connectivity index (χ4n) is 3.01. The van der Waals surface area contributed by atoms with Crippen LogP contribution in [0.5, 0.6) is 5.75 Å². The molecule has 0 bridgehead atoms. The SMILES string of the molecule is CCNC(CC1CCOc2ccccc21)c1ccc(Cl)s1. The Hall–Kier alpha value is -1.03. The molecule has 1 aliphatic rings. The van der Waals surface area contributed by atoms with Crippen LogP contribution in [0.2, 0.25) is 4.34 Å². The Morgan fingerprint density at radius 3 is 2.95 bits per heavy atom. The quantitative estimate of drug-likeness (QED) is 0.836. The highest BCUT2D eigenvalue weighted by Crippen LogP contribution is 2.40. The van der Waals surface area contributed by atoms with E-state index < -0.39 is 0 Å². The average molecular weight is 322 g/mol. The first-order valence-corrected chi connectivity index (χ1v) is 8.67. The Bertz CT molecular complexity index is 598. The monoisotopic (exact) mass is 321 g/mol. The molecule has 0 amide bonds. The lowest BCUT2D eigenvalue weighted by molar-refractivity contribution is 0.256. The highest BCUT2D eigenvalue weighted by Gasteiger charge is 2.25. The molecule has 112 valence electrons. The van der Waals surface area contributed by atoms with Crippen molar-refractivity contribution in [1.29, 1.82) is 0 Å². The second-order valence-corrected chi connectivity index (χ2v) is 7.11. The summed E-state index contributed by atoms with van der Waals surface area (Å²) in [5.74, 6) is 1.59. The Morgan fingerprint density at radius 2 is 2.19 bits per heavy atom. The second kappa shape index (κ2) is 6.82. The summed E-state index contributed by atoms with van der Waals surface area (Å²) in [6.07, 6.45) is 2.17. The van der Waals surface area contributed by atoms with Gasteiger partial charge < -0.3 is 10.1 Å². The Morgan fingerprint density at radius 1 is 1.33 bits per heavy atom. The molecule has 2 aromatic rings. The maximum atomic E-state index is 6.10. The number of para-hydroxylation sites is 1. The first kappa shape index (κ1) is 14.9. The molecule has 4 heteroatoms. The van der Waals surface area contributed by atoms with Crippen molar-refractivity contribution in [1.82, 2.24) is 5.32 Å². The van der Waals surface area contributed by atoms with E-state index in [9.17, 15) is 0 Å². The molecule has 21 heavy (non-hydrogen) atoms. The third-order valence-electron chi connectivity index (χ3n) is 3.99. The maximum Gasteiger partial charge on any atom is 0.122 e. The van der Waals surface area contributed by atoms with Gasteiger partial charge >= 0.3 is 0 Å². The number of ether oxygens (including phenoxy) is 1. The first-order valence-electron chi connectivity index (χ1n) is 7.48. The Labute approximate surface area is 135 Å². The molecular weight excluding hydrogens is 302 g/mol. The van der Waals surface area contributed by atoms with Crippen molar-refractivity contribution < 1.29 is 4.74 Å². The van der Waals surface area contributed by atoms with E-state index in [4.69, 9.17) is 16.3 Å². The molecule has 0 spiro atoms. The minimum Gasteiger partial charge on any atom is -0.493 e. The van der Waals surface area contributed by atoms with Gasteiger partial charge in [0.2, 0.25) is 0 Å². The highest BCUT2D eigenvalue weighted by molar-refractivity contribution is 7.16. The molecule has 2 heterocycles. The van der Waals surface area contributed by atoms with Gasteiger partial charge in [-0.3, -0.25) is 0 Å². The molecule has 1 N–H and O–H groups in total. The van der Waals surface area contributed by atoms with E-state index in [0.717, 1.165) is 36.1 Å². The van der Waals surface area contributed by atoms with Crippen LogP contribution in [0.1, 0.15) is 42.2 Å². The van der Waals surface area contributed by atoms with Gasteiger partial charge in [0.05, 0.1) is 10.9 Å². The zero-order chi connectivity index (χ0) is 14.7. The topological polar surface area (TPSA) is 21.3 Å². The highest BCUT2D eigenvalue weighted by atomic mass is 35.5. The smallest absolute Gasteiger partial charge is 0.122 e. The lowest BCUT2D eigenvalue weighted by Crippen LogP contribution is -2.24. The van der Waals surface area contributed by atoms with Crippen LogP contribution in [-0.2, 0) is 0 Å². The van der Waals surface area contributed by atoms with Gasteiger partial charge in [-0.2, -0.15) is 0 Å². The van der Waals surface area contributed by atoms with Gasteiger partial charge in [-0.25, -0.2) is 0 Å². The molecule has 0 radical (unpaired) electrons. The summed E-state index contributed by atoms with van der Waals surface area (Å²) in [7, 11) is 0. The van der Waals surface area contributed by atoms with Crippen molar-refractivity contribution in [3.05, 3.63) is 51.2 Å². The summed E-state index contributed by atoms with van der Waals surface area (Å²) < 4.78 is 6.63. The van der Waals surface area contributed by atoms with Crippen molar-refractivity contribution in [3.8, 4) is 5.75 Å². The van der Waals surface area contributed by atoms with Crippen molar-refractivity contribution in [2.75, 3.05) is 13.2 Å². The van der Waals surface area contributed by atoms with Crippen LogP contribution in [0.25, 0.3) is 0 Å². The summed E-state index contributed by atoms with van der Waals surface area (Å²) in [5.41, 5.74) is 1.34. The molecule has 0 fully saturated rings. The van der Waals surface area contributed by atoms with Crippen LogP contribution < -0.4 is 10.1 Å². The van der Waals surface area contributed by atoms with E-state index in [1.165, 1.54) is 10.4 Å². The third kappa shape index (κ3) is 3.42. The van der Waals surface area contributed by atoms with Crippen molar-refractivity contribution in [3.63, 3.8) is 0 Å². The number of rotatable bonds is 5. The summed E-state index contributed by atoms with van der Waals surface area (Å²) in [5, 5.41) is 3.60. The van der Waals surface area contributed by atoms with Crippen LogP contribution in [0.15, 0.2) is 36.4 Å². The number of hydrogen-bond donors (Lipinski definition) is 1. The summed E-state index contributed by atoms with van der Waals surface area (Å²) in [4.78, 5) is 1.32. The van der Waals surface area contributed by atoms with Gasteiger partial charge in [-0.1, -0.05) is 36.7 Å². The molecule has 1 aromatic carbocycles. The number of thiophene rings is 1. The Kier molecular flexibility index (Phi) is 4.84. The van der Waals surface area contributed by atoms with Crippen LogP contribution >= 0.6 is 22.9 Å². The van der Waals surface area contributed by atoms with E-state index in [1.54, 1.807) is 11.3 Å². The predicted molar refractivity (Wildman–Crippen MR) is 89.7 cm³/mol. The average Bonchev–Trinajstić information content (AvgIpc) is 2.94. The Balaban J connectivity index is 1.80. The minimum atomic E-state index is 0.364. The lowest BCUT2D eigenvalue weighted by atomic mass is 9.87. The second-order valence-electron chi connectivity index (χ2n) is 5.36. The summed E-state index contributed by atoms with van der Waals surface area (Å²) >= 11 is 7.78. The van der Waals surface area contributed by atoms with Gasteiger partial charge in [-0.05, 0) is 49.1 Å². The zero-order valence-corrected chi connectivity index (χ0v) is 13.7.